The van der Waals surface area contributed by atoms with Gasteiger partial charge in [0.15, 0.2) is 0 Å². The molecular weight excluding hydrogens is 195 g/mol. The lowest BCUT2D eigenvalue weighted by atomic mass is 10.1. The van der Waals surface area contributed by atoms with Crippen molar-refractivity contribution in [3.05, 3.63) is 51.6 Å². The second kappa shape index (κ2) is 2.76. The highest BCUT2D eigenvalue weighted by atomic mass is 19.1. The molecule has 1 aliphatic rings. The van der Waals surface area contributed by atoms with Gasteiger partial charge >= 0.3 is 0 Å². The molecule has 0 saturated heterocycles. The number of H-pyrrole nitrogens is 1. The molecule has 4 heteroatoms. The number of nitrogens with zero attached hydrogens (tertiary/aromatic N) is 1. The molecule has 15 heavy (non-hydrogen) atoms. The van der Waals surface area contributed by atoms with Crippen molar-refractivity contribution < 1.29 is 4.39 Å². The van der Waals surface area contributed by atoms with Crippen LogP contribution in [0.1, 0.15) is 11.1 Å². The predicted molar refractivity (Wildman–Crippen MR) is 53.1 cm³/mol. The monoisotopic (exact) mass is 202 g/mol. The van der Waals surface area contributed by atoms with Crippen LogP contribution in [0.5, 0.6) is 0 Å². The molecule has 1 aromatic heterocycles. The summed E-state index contributed by atoms with van der Waals surface area (Å²) >= 11 is 0. The zero-order valence-corrected chi connectivity index (χ0v) is 7.75. The first kappa shape index (κ1) is 8.35. The average Bonchev–Trinajstić information content (AvgIpc) is 2.53. The molecule has 2 aromatic rings. The number of hydrogen-bond acceptors (Lipinski definition) is 2. The number of halogens is 1. The minimum Gasteiger partial charge on any atom is -0.268 e. The van der Waals surface area contributed by atoms with E-state index < -0.39 is 0 Å². The van der Waals surface area contributed by atoms with Crippen molar-refractivity contribution >= 4 is 0 Å². The van der Waals surface area contributed by atoms with Gasteiger partial charge in [-0.25, -0.2) is 9.49 Å². The van der Waals surface area contributed by atoms with Crippen LogP contribution in [0.3, 0.4) is 0 Å². The molecule has 0 spiro atoms. The van der Waals surface area contributed by atoms with Crippen molar-refractivity contribution in [1.29, 1.82) is 0 Å². The van der Waals surface area contributed by atoms with Gasteiger partial charge in [0.25, 0.3) is 5.56 Å². The topological polar surface area (TPSA) is 45.8 Å². The molecule has 0 saturated carbocycles. The highest BCUT2D eigenvalue weighted by Crippen LogP contribution is 2.33. The summed E-state index contributed by atoms with van der Waals surface area (Å²) in [6.07, 6.45) is 0.583. The van der Waals surface area contributed by atoms with Crippen molar-refractivity contribution in [2.24, 2.45) is 0 Å². The molecule has 1 heterocycles. The van der Waals surface area contributed by atoms with E-state index in [2.05, 4.69) is 10.2 Å². The lowest BCUT2D eigenvalue weighted by Crippen LogP contribution is -2.07. The maximum Gasteiger partial charge on any atom is 0.264 e. The molecule has 1 aromatic carbocycles. The van der Waals surface area contributed by atoms with E-state index in [1.165, 1.54) is 18.2 Å². The Kier molecular flexibility index (Phi) is 1.54. The van der Waals surface area contributed by atoms with Crippen LogP contribution < -0.4 is 5.56 Å². The minimum atomic E-state index is -0.257. The van der Waals surface area contributed by atoms with E-state index in [4.69, 9.17) is 0 Å². The third kappa shape index (κ3) is 1.18. The second-order valence-electron chi connectivity index (χ2n) is 3.58. The Hall–Kier alpha value is -1.97. The van der Waals surface area contributed by atoms with Crippen LogP contribution in [0.15, 0.2) is 29.1 Å². The largest absolute Gasteiger partial charge is 0.268 e. The van der Waals surface area contributed by atoms with Crippen LogP contribution in [0.4, 0.5) is 4.39 Å². The van der Waals surface area contributed by atoms with Crippen LogP contribution >= 0.6 is 0 Å². The van der Waals surface area contributed by atoms with Crippen LogP contribution in [0.2, 0.25) is 0 Å². The third-order valence-corrected chi connectivity index (χ3v) is 2.59. The number of benzene rings is 1. The Labute approximate surface area is 84.6 Å². The number of aromatic nitrogens is 2. The molecule has 0 aliphatic heterocycles. The van der Waals surface area contributed by atoms with Crippen molar-refractivity contribution in [3.63, 3.8) is 0 Å². The Morgan fingerprint density at radius 1 is 1.27 bits per heavy atom. The van der Waals surface area contributed by atoms with Gasteiger partial charge in [-0.1, -0.05) is 0 Å². The second-order valence-corrected chi connectivity index (χ2v) is 3.58. The van der Waals surface area contributed by atoms with E-state index in [-0.39, 0.29) is 11.4 Å². The number of aromatic amines is 1. The fraction of sp³-hybridized carbons (Fsp3) is 0.0909. The average molecular weight is 202 g/mol. The summed E-state index contributed by atoms with van der Waals surface area (Å²) in [5.41, 5.74) is 3.19. The van der Waals surface area contributed by atoms with Gasteiger partial charge in [0.2, 0.25) is 0 Å². The summed E-state index contributed by atoms with van der Waals surface area (Å²) in [5, 5.41) is 6.36. The number of nitrogens with one attached hydrogen (secondary N) is 1. The van der Waals surface area contributed by atoms with Crippen LogP contribution in [0.25, 0.3) is 11.3 Å². The molecule has 0 unspecified atom stereocenters. The molecule has 0 fully saturated rings. The number of hydrogen-bond donors (Lipinski definition) is 1. The molecular formula is C11H7FN2O. The Bertz CT molecular complexity index is 604. The van der Waals surface area contributed by atoms with Gasteiger partial charge in [-0.15, -0.1) is 0 Å². The lowest BCUT2D eigenvalue weighted by Gasteiger charge is -1.97. The van der Waals surface area contributed by atoms with Gasteiger partial charge in [-0.05, 0) is 29.3 Å². The van der Waals surface area contributed by atoms with Gasteiger partial charge < -0.3 is 0 Å². The van der Waals surface area contributed by atoms with E-state index in [9.17, 15) is 9.18 Å². The van der Waals surface area contributed by atoms with E-state index in [0.29, 0.717) is 6.42 Å². The summed E-state index contributed by atoms with van der Waals surface area (Å²) in [5.74, 6) is -0.257. The standard InChI is InChI=1S/C11H7FN2O/c12-8-1-2-9-6(4-8)3-7-5-10(15)13-14-11(7)9/h1-2,4-5H,3H2,(H,13,15). The third-order valence-electron chi connectivity index (χ3n) is 2.59. The smallest absolute Gasteiger partial charge is 0.264 e. The van der Waals surface area contributed by atoms with Gasteiger partial charge in [-0.2, -0.15) is 5.10 Å². The van der Waals surface area contributed by atoms with Crippen LogP contribution in [-0.2, 0) is 6.42 Å². The molecule has 0 radical (unpaired) electrons. The Morgan fingerprint density at radius 2 is 2.13 bits per heavy atom. The molecule has 3 nitrogen and oxygen atoms in total. The maximum absolute atomic E-state index is 13.0. The van der Waals surface area contributed by atoms with Crippen molar-refractivity contribution in [3.8, 4) is 11.3 Å². The van der Waals surface area contributed by atoms with E-state index in [1.54, 1.807) is 6.07 Å². The molecule has 74 valence electrons. The summed E-state index contributed by atoms with van der Waals surface area (Å²) < 4.78 is 13.0. The molecule has 3 rings (SSSR count). The first-order chi connectivity index (χ1) is 7.24. The van der Waals surface area contributed by atoms with Gasteiger partial charge in [0.1, 0.15) is 5.82 Å². The van der Waals surface area contributed by atoms with E-state index in [1.807, 2.05) is 0 Å². The summed E-state index contributed by atoms with van der Waals surface area (Å²) in [6.45, 7) is 0. The zero-order valence-electron chi connectivity index (χ0n) is 7.75. The molecule has 0 atom stereocenters. The first-order valence-electron chi connectivity index (χ1n) is 4.61. The minimum absolute atomic E-state index is 0.220. The summed E-state index contributed by atoms with van der Waals surface area (Å²) in [7, 11) is 0. The first-order valence-corrected chi connectivity index (χ1v) is 4.61. The summed E-state index contributed by atoms with van der Waals surface area (Å²) in [6, 6.07) is 6.10. The van der Waals surface area contributed by atoms with Gasteiger partial charge in [-0.3, -0.25) is 4.79 Å². The number of fused-ring (bicyclic) bond motifs is 3. The molecule has 0 bridgehead atoms. The van der Waals surface area contributed by atoms with Crippen LogP contribution in [-0.4, -0.2) is 10.2 Å². The SMILES string of the molecule is O=c1cc2c(n[nH]1)-c1ccc(F)cc1C2. The predicted octanol–water partition coefficient (Wildman–Crippen LogP) is 1.48. The number of rotatable bonds is 0. The maximum atomic E-state index is 13.0. The zero-order chi connectivity index (χ0) is 10.4. The highest BCUT2D eigenvalue weighted by molar-refractivity contribution is 5.72. The Balaban J connectivity index is 2.28. The van der Waals surface area contributed by atoms with Gasteiger partial charge in [0.05, 0.1) is 5.69 Å². The van der Waals surface area contributed by atoms with Crippen molar-refractivity contribution in [2.45, 2.75) is 6.42 Å². The van der Waals surface area contributed by atoms with Crippen molar-refractivity contribution in [2.75, 3.05) is 0 Å². The lowest BCUT2D eigenvalue weighted by molar-refractivity contribution is 0.626. The van der Waals surface area contributed by atoms with Crippen LogP contribution in [0, 0.1) is 5.82 Å². The molecule has 1 N–H and O–H groups in total. The van der Waals surface area contributed by atoms with E-state index in [0.717, 1.165) is 22.4 Å². The molecule has 1 aliphatic carbocycles. The van der Waals surface area contributed by atoms with Crippen molar-refractivity contribution in [1.82, 2.24) is 10.2 Å². The quantitative estimate of drug-likeness (QED) is 0.600. The fourth-order valence-corrected chi connectivity index (χ4v) is 1.95. The normalized spacial score (nSPS) is 12.3. The van der Waals surface area contributed by atoms with Gasteiger partial charge in [0, 0.05) is 18.1 Å². The summed E-state index contributed by atoms with van der Waals surface area (Å²) in [4.78, 5) is 11.1. The van der Waals surface area contributed by atoms with E-state index >= 15 is 0 Å². The Morgan fingerprint density at radius 3 is 3.00 bits per heavy atom. The highest BCUT2D eigenvalue weighted by Gasteiger charge is 2.20. The fourth-order valence-electron chi connectivity index (χ4n) is 1.95. The molecule has 0 amide bonds.